The Hall–Kier alpha value is -0.653. The molecule has 5 heteroatoms. The molecule has 23 heavy (non-hydrogen) atoms. The Morgan fingerprint density at radius 3 is 1.74 bits per heavy atom. The molecule has 0 saturated heterocycles. The predicted molar refractivity (Wildman–Crippen MR) is 97.8 cm³/mol. The van der Waals surface area contributed by atoms with E-state index in [1.165, 1.54) is 51.0 Å². The van der Waals surface area contributed by atoms with Gasteiger partial charge in [-0.25, -0.2) is 4.79 Å². The molecule has 0 aliphatic heterocycles. The first kappa shape index (κ1) is 22.3. The highest BCUT2D eigenvalue weighted by Crippen LogP contribution is 2.12. The molecule has 0 aliphatic carbocycles. The van der Waals surface area contributed by atoms with E-state index in [1.54, 1.807) is 7.11 Å². The Morgan fingerprint density at radius 1 is 0.870 bits per heavy atom. The van der Waals surface area contributed by atoms with Gasteiger partial charge in [0.25, 0.3) is 0 Å². The van der Waals surface area contributed by atoms with Crippen molar-refractivity contribution in [3.63, 3.8) is 0 Å². The van der Waals surface area contributed by atoms with Crippen molar-refractivity contribution in [2.75, 3.05) is 20.3 Å². The lowest BCUT2D eigenvalue weighted by Gasteiger charge is -2.19. The molecule has 136 valence electrons. The van der Waals surface area contributed by atoms with Crippen LogP contribution in [0.15, 0.2) is 12.7 Å². The molecule has 0 aromatic heterocycles. The third-order valence-corrected chi connectivity index (χ3v) is 5.77. The Morgan fingerprint density at radius 2 is 1.30 bits per heavy atom. The van der Waals surface area contributed by atoms with E-state index in [0.717, 1.165) is 25.9 Å². The van der Waals surface area contributed by atoms with Crippen LogP contribution in [-0.4, -0.2) is 34.9 Å². The zero-order valence-electron chi connectivity index (χ0n) is 15.4. The zero-order valence-corrected chi connectivity index (χ0v) is 16.4. The normalized spacial score (nSPS) is 11.4. The highest BCUT2D eigenvalue weighted by Gasteiger charge is 2.21. The van der Waals surface area contributed by atoms with Gasteiger partial charge in [-0.15, -0.1) is 0 Å². The lowest BCUT2D eigenvalue weighted by Crippen LogP contribution is -2.33. The van der Waals surface area contributed by atoms with Crippen molar-refractivity contribution >= 4 is 14.5 Å². The molecule has 0 bridgehead atoms. The van der Waals surface area contributed by atoms with E-state index >= 15 is 0 Å². The van der Waals surface area contributed by atoms with Crippen LogP contribution in [0.1, 0.15) is 64.2 Å². The molecule has 0 radical (unpaired) electrons. The summed E-state index contributed by atoms with van der Waals surface area (Å²) < 4.78 is 16.1. The van der Waals surface area contributed by atoms with Crippen LogP contribution in [0.4, 0.5) is 0 Å². The number of hydrogen-bond donors (Lipinski definition) is 0. The molecule has 0 aromatic carbocycles. The molecular weight excluding hydrogens is 308 g/mol. The third-order valence-electron chi connectivity index (χ3n) is 3.89. The fourth-order valence-electron chi connectivity index (χ4n) is 2.23. The van der Waals surface area contributed by atoms with Gasteiger partial charge in [-0.1, -0.05) is 57.9 Å². The quantitative estimate of drug-likeness (QED) is 0.171. The lowest BCUT2D eigenvalue weighted by atomic mass is 10.1. The molecule has 0 heterocycles. The van der Waals surface area contributed by atoms with Gasteiger partial charge < -0.3 is 13.6 Å². The van der Waals surface area contributed by atoms with Gasteiger partial charge in [-0.2, -0.15) is 0 Å². The van der Waals surface area contributed by atoms with E-state index in [1.807, 2.05) is 0 Å². The first-order chi connectivity index (χ1) is 11.0. The summed E-state index contributed by atoms with van der Waals surface area (Å²) in [5.74, 6) is -0.316. The monoisotopic (exact) mass is 344 g/mol. The average Bonchev–Trinajstić information content (AvgIpc) is 2.54. The van der Waals surface area contributed by atoms with Crippen molar-refractivity contribution in [1.82, 2.24) is 0 Å². The molecule has 0 aliphatic rings. The van der Waals surface area contributed by atoms with Crippen LogP contribution < -0.4 is 0 Å². The van der Waals surface area contributed by atoms with Crippen LogP contribution in [-0.2, 0) is 18.4 Å². The van der Waals surface area contributed by atoms with Gasteiger partial charge in [0.2, 0.25) is 0 Å². The maximum Gasteiger partial charge on any atom is 0.331 e. The molecule has 0 saturated carbocycles. The van der Waals surface area contributed by atoms with E-state index < -0.39 is 8.56 Å². The lowest BCUT2D eigenvalue weighted by molar-refractivity contribution is -0.137. The van der Waals surface area contributed by atoms with Crippen molar-refractivity contribution in [3.8, 4) is 0 Å². The molecule has 0 atom stereocenters. The zero-order chi connectivity index (χ0) is 17.4. The number of ether oxygens (including phenoxy) is 1. The second-order valence-corrected chi connectivity index (χ2v) is 9.86. The summed E-state index contributed by atoms with van der Waals surface area (Å²) in [6.45, 7) is 8.89. The summed E-state index contributed by atoms with van der Waals surface area (Å²) in [5.41, 5.74) is 0. The highest BCUT2D eigenvalue weighted by molar-refractivity contribution is 6.64. The Balaban J connectivity index is 3.14. The first-order valence-electron chi connectivity index (χ1n) is 9.00. The Labute approximate surface area is 143 Å². The summed E-state index contributed by atoms with van der Waals surface area (Å²) in [6.07, 6.45) is 13.5. The fourth-order valence-corrected chi connectivity index (χ4v) is 2.98. The number of unbranched alkanes of at least 4 members (excludes halogenated alkanes) is 9. The van der Waals surface area contributed by atoms with E-state index in [0.29, 0.717) is 6.61 Å². The van der Waals surface area contributed by atoms with Crippen molar-refractivity contribution in [1.29, 1.82) is 0 Å². The van der Waals surface area contributed by atoms with Gasteiger partial charge in [-0.3, -0.25) is 0 Å². The smallest absolute Gasteiger partial charge is 0.331 e. The first-order valence-corrected chi connectivity index (χ1v) is 11.8. The molecule has 0 N–H and O–H groups in total. The Bertz CT molecular complexity index is 305. The SMILES string of the molecule is C=CC(=O)OCCCCCCCCCCCCO[Si](C)(C)OC. The standard InChI is InChI=1S/C18H36O4Si/c1-5-18(19)21-16-14-12-10-8-6-7-9-11-13-15-17-22-23(3,4)20-2/h5H,1,6-17H2,2-4H3. The summed E-state index contributed by atoms with van der Waals surface area (Å²) in [4.78, 5) is 10.8. The molecule has 0 unspecified atom stereocenters. The van der Waals surface area contributed by atoms with E-state index in [4.69, 9.17) is 13.6 Å². The molecule has 0 aromatic rings. The van der Waals surface area contributed by atoms with Gasteiger partial charge in [-0.05, 0) is 25.9 Å². The number of carbonyl (C=O) groups excluding carboxylic acids is 1. The maximum absolute atomic E-state index is 10.8. The topological polar surface area (TPSA) is 44.8 Å². The third kappa shape index (κ3) is 16.0. The number of esters is 1. The van der Waals surface area contributed by atoms with Crippen molar-refractivity contribution in [2.24, 2.45) is 0 Å². The van der Waals surface area contributed by atoms with Crippen LogP contribution in [0, 0.1) is 0 Å². The van der Waals surface area contributed by atoms with Crippen molar-refractivity contribution in [3.05, 3.63) is 12.7 Å². The fraction of sp³-hybridized carbons (Fsp3) is 0.833. The molecule has 0 amide bonds. The van der Waals surface area contributed by atoms with Gasteiger partial charge in [0, 0.05) is 19.8 Å². The van der Waals surface area contributed by atoms with Gasteiger partial charge >= 0.3 is 14.5 Å². The van der Waals surface area contributed by atoms with Crippen LogP contribution in [0.5, 0.6) is 0 Å². The average molecular weight is 345 g/mol. The second kappa shape index (κ2) is 14.9. The predicted octanol–water partition coefficient (Wildman–Crippen LogP) is 4.98. The molecule has 0 spiro atoms. The van der Waals surface area contributed by atoms with Crippen LogP contribution in [0.25, 0.3) is 0 Å². The van der Waals surface area contributed by atoms with E-state index in [2.05, 4.69) is 19.7 Å². The van der Waals surface area contributed by atoms with E-state index in [-0.39, 0.29) is 5.97 Å². The second-order valence-electron chi connectivity index (χ2n) is 6.36. The summed E-state index contributed by atoms with van der Waals surface area (Å²) >= 11 is 0. The number of rotatable bonds is 16. The molecule has 0 fully saturated rings. The van der Waals surface area contributed by atoms with Gasteiger partial charge in [0.15, 0.2) is 0 Å². The minimum atomic E-state index is -1.82. The van der Waals surface area contributed by atoms with Crippen LogP contribution in [0.3, 0.4) is 0 Å². The molecule has 4 nitrogen and oxygen atoms in total. The van der Waals surface area contributed by atoms with Crippen LogP contribution in [0.2, 0.25) is 13.1 Å². The van der Waals surface area contributed by atoms with E-state index in [9.17, 15) is 4.79 Å². The number of hydrogen-bond acceptors (Lipinski definition) is 4. The maximum atomic E-state index is 10.8. The summed E-state index contributed by atoms with van der Waals surface area (Å²) in [7, 11) is -0.0823. The minimum absolute atomic E-state index is 0.316. The molecule has 0 rings (SSSR count). The summed E-state index contributed by atoms with van der Waals surface area (Å²) in [6, 6.07) is 0. The van der Waals surface area contributed by atoms with Crippen molar-refractivity contribution in [2.45, 2.75) is 77.3 Å². The van der Waals surface area contributed by atoms with Crippen LogP contribution >= 0.6 is 0 Å². The Kier molecular flexibility index (Phi) is 14.5. The highest BCUT2D eigenvalue weighted by atomic mass is 28.4. The van der Waals surface area contributed by atoms with Crippen molar-refractivity contribution < 1.29 is 18.4 Å². The minimum Gasteiger partial charge on any atom is -0.463 e. The van der Waals surface area contributed by atoms with Gasteiger partial charge in [0.1, 0.15) is 0 Å². The number of carbonyl (C=O) groups is 1. The summed E-state index contributed by atoms with van der Waals surface area (Å²) in [5, 5.41) is 0. The molecular formula is C18H36O4Si. The largest absolute Gasteiger partial charge is 0.463 e. The van der Waals surface area contributed by atoms with Gasteiger partial charge in [0.05, 0.1) is 6.61 Å².